The van der Waals surface area contributed by atoms with Gasteiger partial charge < -0.3 is 10.0 Å². The largest absolute Gasteiger partial charge is 0.374 e. The van der Waals surface area contributed by atoms with Crippen molar-refractivity contribution in [1.82, 2.24) is 9.88 Å². The molecule has 1 N–H and O–H groups in total. The van der Waals surface area contributed by atoms with Gasteiger partial charge in [0.1, 0.15) is 17.3 Å². The van der Waals surface area contributed by atoms with E-state index in [1.54, 1.807) is 6.07 Å². The summed E-state index contributed by atoms with van der Waals surface area (Å²) in [7, 11) is 1.37. The molecule has 1 aliphatic heterocycles. The van der Waals surface area contributed by atoms with Crippen molar-refractivity contribution in [3.63, 3.8) is 0 Å². The first kappa shape index (κ1) is 15.1. The topological polar surface area (TPSA) is 53.4 Å². The third-order valence-corrected chi connectivity index (χ3v) is 4.14. The maximum absolute atomic E-state index is 14.0. The van der Waals surface area contributed by atoms with Gasteiger partial charge in [0.15, 0.2) is 7.85 Å². The molecule has 112 valence electrons. The fraction of sp³-hybridized carbons (Fsp3) is 0.143. The van der Waals surface area contributed by atoms with Gasteiger partial charge in [-0.3, -0.25) is 9.78 Å². The molecule has 8 heteroatoms. The van der Waals surface area contributed by atoms with Gasteiger partial charge >= 0.3 is 0 Å². The van der Waals surface area contributed by atoms with Crippen LogP contribution in [0.3, 0.4) is 0 Å². The van der Waals surface area contributed by atoms with Crippen molar-refractivity contribution in [2.24, 2.45) is 0 Å². The second kappa shape index (κ2) is 5.14. The van der Waals surface area contributed by atoms with E-state index in [0.717, 1.165) is 17.0 Å². The molecule has 22 heavy (non-hydrogen) atoms. The number of benzene rings is 1. The van der Waals surface area contributed by atoms with Gasteiger partial charge in [-0.05, 0) is 24.3 Å². The van der Waals surface area contributed by atoms with Crippen LogP contribution in [0.4, 0.5) is 8.78 Å². The minimum absolute atomic E-state index is 0.179. The Kier molecular flexibility index (Phi) is 3.53. The van der Waals surface area contributed by atoms with E-state index in [2.05, 4.69) is 20.9 Å². The second-order valence-corrected chi connectivity index (χ2v) is 6.08. The summed E-state index contributed by atoms with van der Waals surface area (Å²) in [6.45, 7) is -0.396. The average molecular weight is 367 g/mol. The molecular formula is C14H10BBrF2N2O2. The number of halogens is 3. The van der Waals surface area contributed by atoms with Crippen LogP contribution in [0.1, 0.15) is 21.6 Å². The Hall–Kier alpha value is -1.80. The van der Waals surface area contributed by atoms with Crippen molar-refractivity contribution in [2.75, 3.05) is 0 Å². The highest BCUT2D eigenvalue weighted by Crippen LogP contribution is 2.35. The van der Waals surface area contributed by atoms with E-state index in [1.807, 2.05) is 0 Å². The molecule has 2 heterocycles. The van der Waals surface area contributed by atoms with Gasteiger partial charge in [0, 0.05) is 16.2 Å². The van der Waals surface area contributed by atoms with E-state index in [9.17, 15) is 18.7 Å². The molecule has 0 spiro atoms. The summed E-state index contributed by atoms with van der Waals surface area (Å²) in [4.78, 5) is 17.4. The molecule has 0 fully saturated rings. The quantitative estimate of drug-likeness (QED) is 0.820. The second-order valence-electron chi connectivity index (χ2n) is 5.16. The lowest BCUT2D eigenvalue weighted by Gasteiger charge is -2.30. The fourth-order valence-corrected chi connectivity index (χ4v) is 2.94. The highest BCUT2D eigenvalue weighted by molar-refractivity contribution is 9.10. The summed E-state index contributed by atoms with van der Waals surface area (Å²) in [5, 5.41) is 10.6. The van der Waals surface area contributed by atoms with Crippen molar-refractivity contribution >= 4 is 29.7 Å². The lowest BCUT2D eigenvalue weighted by Crippen LogP contribution is -2.44. The van der Waals surface area contributed by atoms with Gasteiger partial charge in [0.2, 0.25) is 0 Å². The smallest absolute Gasteiger partial charge is 0.258 e. The van der Waals surface area contributed by atoms with Crippen LogP contribution in [-0.4, -0.2) is 28.7 Å². The van der Waals surface area contributed by atoms with E-state index >= 15 is 0 Å². The number of hydrogen-bond acceptors (Lipinski definition) is 3. The van der Waals surface area contributed by atoms with Crippen LogP contribution in [-0.2, 0) is 12.2 Å². The summed E-state index contributed by atoms with van der Waals surface area (Å²) in [6, 6.07) is 5.31. The zero-order chi connectivity index (χ0) is 16.1. The molecule has 0 radical (unpaired) electrons. The van der Waals surface area contributed by atoms with Crippen LogP contribution >= 0.6 is 15.9 Å². The van der Waals surface area contributed by atoms with Crippen molar-refractivity contribution in [3.8, 4) is 0 Å². The van der Waals surface area contributed by atoms with Crippen molar-refractivity contribution in [3.05, 3.63) is 63.4 Å². The van der Waals surface area contributed by atoms with Crippen LogP contribution in [0.15, 0.2) is 34.9 Å². The number of aliphatic hydroxyl groups is 1. The lowest BCUT2D eigenvalue weighted by atomic mass is 9.87. The molecule has 1 unspecified atom stereocenters. The summed E-state index contributed by atoms with van der Waals surface area (Å²) < 4.78 is 28.2. The molecule has 0 aliphatic carbocycles. The number of carbonyl (C=O) groups is 1. The van der Waals surface area contributed by atoms with E-state index in [0.29, 0.717) is 0 Å². The van der Waals surface area contributed by atoms with Gasteiger partial charge in [0.05, 0.1) is 17.8 Å². The summed E-state index contributed by atoms with van der Waals surface area (Å²) in [5.41, 5.74) is -1.60. The van der Waals surface area contributed by atoms with Gasteiger partial charge in [-0.1, -0.05) is 15.9 Å². The third-order valence-electron chi connectivity index (χ3n) is 3.68. The molecule has 1 amide bonds. The Morgan fingerprint density at radius 3 is 2.59 bits per heavy atom. The van der Waals surface area contributed by atoms with E-state index in [1.165, 1.54) is 20.1 Å². The maximum Gasteiger partial charge on any atom is 0.258 e. The highest BCUT2D eigenvalue weighted by atomic mass is 79.9. The first-order chi connectivity index (χ1) is 10.3. The predicted molar refractivity (Wildman–Crippen MR) is 80.6 cm³/mol. The van der Waals surface area contributed by atoms with Crippen molar-refractivity contribution < 1.29 is 18.7 Å². The molecule has 3 rings (SSSR count). The van der Waals surface area contributed by atoms with Crippen LogP contribution < -0.4 is 0 Å². The molecular weight excluding hydrogens is 357 g/mol. The van der Waals surface area contributed by atoms with E-state index in [-0.39, 0.29) is 21.3 Å². The molecule has 1 aliphatic rings. The van der Waals surface area contributed by atoms with Crippen molar-refractivity contribution in [1.29, 1.82) is 0 Å². The highest BCUT2D eigenvalue weighted by Gasteiger charge is 2.46. The van der Waals surface area contributed by atoms with Crippen molar-refractivity contribution in [2.45, 2.75) is 12.2 Å². The standard InChI is InChI=1S/C14H10BBrF2N2O2/c15-14(22)12-8(2-1-3-19-12)13(21)20(14)6-9-10(17)4-7(16)5-11(9)18/h1-5,22H,6,15H2. The van der Waals surface area contributed by atoms with Gasteiger partial charge in [-0.25, -0.2) is 8.78 Å². The molecule has 2 aromatic rings. The molecule has 0 saturated carbocycles. The SMILES string of the molecule is BC1(O)c2ncccc2C(=O)N1Cc1c(F)cc(Br)cc1F. The number of fused-ring (bicyclic) bond motifs is 1. The number of aromatic nitrogens is 1. The molecule has 1 atom stereocenters. The molecule has 4 nitrogen and oxygen atoms in total. The van der Waals surface area contributed by atoms with E-state index < -0.39 is 29.7 Å². The summed E-state index contributed by atoms with van der Waals surface area (Å²) in [5.74, 6) is -2.10. The zero-order valence-electron chi connectivity index (χ0n) is 11.5. The average Bonchev–Trinajstić information content (AvgIpc) is 2.63. The van der Waals surface area contributed by atoms with Crippen LogP contribution in [0.2, 0.25) is 0 Å². The van der Waals surface area contributed by atoms with Gasteiger partial charge in [-0.15, -0.1) is 0 Å². The Morgan fingerprint density at radius 2 is 2.00 bits per heavy atom. The first-order valence-electron chi connectivity index (χ1n) is 6.45. The van der Waals surface area contributed by atoms with Gasteiger partial charge in [0.25, 0.3) is 5.91 Å². The fourth-order valence-electron chi connectivity index (χ4n) is 2.53. The van der Waals surface area contributed by atoms with E-state index in [4.69, 9.17) is 0 Å². The zero-order valence-corrected chi connectivity index (χ0v) is 13.1. The molecule has 0 saturated heterocycles. The maximum atomic E-state index is 14.0. The normalized spacial score (nSPS) is 20.4. The summed E-state index contributed by atoms with van der Waals surface area (Å²) >= 11 is 3.00. The number of nitrogens with zero attached hydrogens (tertiary/aromatic N) is 2. The monoisotopic (exact) mass is 366 g/mol. The van der Waals surface area contributed by atoms with Gasteiger partial charge in [-0.2, -0.15) is 0 Å². The van der Waals surface area contributed by atoms with Crippen LogP contribution in [0, 0.1) is 11.6 Å². The Bertz CT molecular complexity index is 762. The van der Waals surface area contributed by atoms with Crippen LogP contribution in [0.5, 0.6) is 0 Å². The predicted octanol–water partition coefficient (Wildman–Crippen LogP) is 1.51. The lowest BCUT2D eigenvalue weighted by molar-refractivity contribution is -0.0231. The first-order valence-corrected chi connectivity index (χ1v) is 7.25. The minimum Gasteiger partial charge on any atom is -0.374 e. The molecule has 1 aromatic carbocycles. The number of hydrogen-bond donors (Lipinski definition) is 1. The summed E-state index contributed by atoms with van der Waals surface area (Å²) in [6.07, 6.45) is 1.45. The minimum atomic E-state index is -1.72. The van der Waals surface area contributed by atoms with Crippen LogP contribution in [0.25, 0.3) is 0 Å². The molecule has 1 aromatic heterocycles. The Balaban J connectivity index is 2.03. The Labute approximate surface area is 134 Å². The third kappa shape index (κ3) is 2.23. The number of pyridine rings is 1. The number of rotatable bonds is 2. The number of carbonyl (C=O) groups excluding carboxylic acids is 1. The Morgan fingerprint density at radius 1 is 1.36 bits per heavy atom. The number of amides is 1. The molecule has 0 bridgehead atoms.